The molecule has 9 heavy (non-hydrogen) atoms. The number of rotatable bonds is 1. The first-order valence-electron chi connectivity index (χ1n) is 2.94. The first-order chi connectivity index (χ1) is 4.18. The number of carbonyl (C=O) groups is 1. The Kier molecular flexibility index (Phi) is 8.73. The van der Waals surface area contributed by atoms with Crippen molar-refractivity contribution in [2.45, 2.75) is 27.7 Å². The van der Waals surface area contributed by atoms with Gasteiger partial charge >= 0.3 is 0 Å². The fourth-order valence-corrected chi connectivity index (χ4v) is 0.0909. The van der Waals surface area contributed by atoms with Gasteiger partial charge in [0.05, 0.1) is 5.71 Å². The smallest absolute Gasteiger partial charge is 0.175 e. The zero-order chi connectivity index (χ0) is 7.86. The van der Waals surface area contributed by atoms with Gasteiger partial charge in [0.15, 0.2) is 5.78 Å². The van der Waals surface area contributed by atoms with E-state index >= 15 is 0 Å². The lowest BCUT2D eigenvalue weighted by molar-refractivity contribution is -0.111. The second kappa shape index (κ2) is 7.14. The Balaban J connectivity index is 0. The van der Waals surface area contributed by atoms with Crippen LogP contribution in [0.2, 0.25) is 0 Å². The quantitative estimate of drug-likeness (QED) is 0.326. The Morgan fingerprint density at radius 3 is 1.67 bits per heavy atom. The summed E-state index contributed by atoms with van der Waals surface area (Å²) in [7, 11) is 0. The van der Waals surface area contributed by atoms with Gasteiger partial charge in [0, 0.05) is 6.92 Å². The zero-order valence-corrected chi connectivity index (χ0v) is 6.43. The monoisotopic (exact) mass is 130 g/mol. The first-order valence-corrected chi connectivity index (χ1v) is 2.94. The number of Topliss-reactive ketones (excluding diaryl/α,β-unsaturated/α-hetero) is 1. The van der Waals surface area contributed by atoms with E-state index in [1.165, 1.54) is 6.92 Å². The molecule has 2 N–H and O–H groups in total. The van der Waals surface area contributed by atoms with E-state index in [1.807, 2.05) is 13.8 Å². The van der Waals surface area contributed by atoms with Gasteiger partial charge < -0.3 is 5.84 Å². The van der Waals surface area contributed by atoms with Crippen molar-refractivity contribution in [3.63, 3.8) is 0 Å². The molecule has 0 radical (unpaired) electrons. The summed E-state index contributed by atoms with van der Waals surface area (Å²) in [5.74, 6) is 4.66. The Bertz CT molecular complexity index is 108. The number of hydrogen-bond acceptors (Lipinski definition) is 3. The third-order valence-electron chi connectivity index (χ3n) is 0.703. The van der Waals surface area contributed by atoms with Crippen LogP contribution < -0.4 is 5.84 Å². The highest BCUT2D eigenvalue weighted by Gasteiger charge is 1.92. The number of nitrogens with zero attached hydrogens (tertiary/aromatic N) is 1. The van der Waals surface area contributed by atoms with Crippen LogP contribution in [0.3, 0.4) is 0 Å². The van der Waals surface area contributed by atoms with Crippen LogP contribution in [-0.2, 0) is 4.79 Å². The summed E-state index contributed by atoms with van der Waals surface area (Å²) in [6, 6.07) is 0. The van der Waals surface area contributed by atoms with Crippen LogP contribution in [-0.4, -0.2) is 11.5 Å². The van der Waals surface area contributed by atoms with Gasteiger partial charge in [-0.05, 0) is 6.92 Å². The van der Waals surface area contributed by atoms with E-state index in [0.717, 1.165) is 0 Å². The van der Waals surface area contributed by atoms with Crippen molar-refractivity contribution in [2.75, 3.05) is 0 Å². The summed E-state index contributed by atoms with van der Waals surface area (Å²) in [6.45, 7) is 6.99. The van der Waals surface area contributed by atoms with Gasteiger partial charge in [-0.25, -0.2) is 0 Å². The zero-order valence-electron chi connectivity index (χ0n) is 6.43. The number of nitrogens with two attached hydrogens (primary N) is 1. The standard InChI is InChI=1S/C4H8N2O.C2H6/c1-3(6-5)4(2)7;1-2/h5H2,1-2H3;1-2H3/b6-3-;. The summed E-state index contributed by atoms with van der Waals surface area (Å²) in [5, 5.41) is 3.16. The fraction of sp³-hybridized carbons (Fsp3) is 0.667. The highest BCUT2D eigenvalue weighted by atomic mass is 16.1. The largest absolute Gasteiger partial charge is 0.323 e. The highest BCUT2D eigenvalue weighted by molar-refractivity contribution is 6.37. The third kappa shape index (κ3) is 7.14. The molecule has 0 aliphatic rings. The van der Waals surface area contributed by atoms with Crippen LogP contribution in [0.5, 0.6) is 0 Å². The molecule has 0 aliphatic carbocycles. The normalized spacial score (nSPS) is 9.56. The lowest BCUT2D eigenvalue weighted by Crippen LogP contribution is -2.06. The molecule has 3 nitrogen and oxygen atoms in total. The van der Waals surface area contributed by atoms with Crippen molar-refractivity contribution >= 4 is 11.5 Å². The van der Waals surface area contributed by atoms with Crippen LogP contribution in [0.4, 0.5) is 0 Å². The van der Waals surface area contributed by atoms with E-state index in [9.17, 15) is 4.79 Å². The molecule has 0 atom stereocenters. The van der Waals surface area contributed by atoms with Crippen LogP contribution in [0, 0.1) is 0 Å². The summed E-state index contributed by atoms with van der Waals surface area (Å²) >= 11 is 0. The molecule has 0 aromatic heterocycles. The number of carbonyl (C=O) groups excluding carboxylic acids is 1. The summed E-state index contributed by atoms with van der Waals surface area (Å²) < 4.78 is 0. The van der Waals surface area contributed by atoms with E-state index in [-0.39, 0.29) is 5.78 Å². The maximum absolute atomic E-state index is 10.2. The van der Waals surface area contributed by atoms with E-state index < -0.39 is 0 Å². The van der Waals surface area contributed by atoms with E-state index in [1.54, 1.807) is 6.92 Å². The van der Waals surface area contributed by atoms with Crippen molar-refractivity contribution in [2.24, 2.45) is 10.9 Å². The Morgan fingerprint density at radius 2 is 1.67 bits per heavy atom. The van der Waals surface area contributed by atoms with Crippen LogP contribution in [0.15, 0.2) is 5.10 Å². The van der Waals surface area contributed by atoms with Crippen molar-refractivity contribution in [1.82, 2.24) is 0 Å². The van der Waals surface area contributed by atoms with E-state index in [4.69, 9.17) is 5.84 Å². The molecule has 0 spiro atoms. The summed E-state index contributed by atoms with van der Waals surface area (Å²) in [6.07, 6.45) is 0. The van der Waals surface area contributed by atoms with E-state index in [2.05, 4.69) is 5.10 Å². The van der Waals surface area contributed by atoms with Crippen LogP contribution >= 0.6 is 0 Å². The molecule has 0 heterocycles. The second-order valence-corrected chi connectivity index (χ2v) is 1.27. The lowest BCUT2D eigenvalue weighted by Gasteiger charge is -1.83. The average Bonchev–Trinajstić information content (AvgIpc) is 1.91. The Morgan fingerprint density at radius 1 is 1.33 bits per heavy atom. The van der Waals surface area contributed by atoms with Crippen LogP contribution in [0.25, 0.3) is 0 Å². The van der Waals surface area contributed by atoms with Gasteiger partial charge in [-0.3, -0.25) is 4.79 Å². The molecule has 0 bridgehead atoms. The highest BCUT2D eigenvalue weighted by Crippen LogP contribution is 1.71. The second-order valence-electron chi connectivity index (χ2n) is 1.27. The molecular weight excluding hydrogens is 116 g/mol. The topological polar surface area (TPSA) is 55.5 Å². The predicted molar refractivity (Wildman–Crippen MR) is 39.3 cm³/mol. The molecule has 0 saturated heterocycles. The fourth-order valence-electron chi connectivity index (χ4n) is 0.0909. The molecule has 0 fully saturated rings. The molecule has 0 unspecified atom stereocenters. The molecular formula is C6H14N2O. The van der Waals surface area contributed by atoms with Gasteiger partial charge in [-0.2, -0.15) is 5.10 Å². The average molecular weight is 130 g/mol. The van der Waals surface area contributed by atoms with E-state index in [0.29, 0.717) is 5.71 Å². The SMILES string of the molecule is CC.CC(=O)/C(C)=N\N. The molecule has 0 aromatic carbocycles. The van der Waals surface area contributed by atoms with Crippen molar-refractivity contribution in [3.05, 3.63) is 0 Å². The van der Waals surface area contributed by atoms with Gasteiger partial charge in [-0.15, -0.1) is 0 Å². The van der Waals surface area contributed by atoms with Crippen molar-refractivity contribution in [3.8, 4) is 0 Å². The Hall–Kier alpha value is -0.860. The summed E-state index contributed by atoms with van der Waals surface area (Å²) in [5.41, 5.74) is 0.361. The van der Waals surface area contributed by atoms with Gasteiger partial charge in [0.2, 0.25) is 0 Å². The molecule has 0 amide bonds. The third-order valence-corrected chi connectivity index (χ3v) is 0.703. The predicted octanol–water partition coefficient (Wildman–Crippen LogP) is 0.936. The Labute approximate surface area is 55.9 Å². The molecule has 3 heteroatoms. The molecule has 54 valence electrons. The molecule has 0 aromatic rings. The summed E-state index contributed by atoms with van der Waals surface area (Å²) in [4.78, 5) is 10.2. The molecule has 0 aliphatic heterocycles. The minimum atomic E-state index is -0.0810. The lowest BCUT2D eigenvalue weighted by atomic mass is 10.3. The van der Waals surface area contributed by atoms with Gasteiger partial charge in [-0.1, -0.05) is 13.8 Å². The molecule has 0 rings (SSSR count). The van der Waals surface area contributed by atoms with Gasteiger partial charge in [0.1, 0.15) is 0 Å². The minimum Gasteiger partial charge on any atom is -0.323 e. The first kappa shape index (κ1) is 11.0. The number of ketones is 1. The van der Waals surface area contributed by atoms with Crippen molar-refractivity contribution in [1.29, 1.82) is 0 Å². The molecule has 0 saturated carbocycles. The number of hydrogen-bond donors (Lipinski definition) is 1. The maximum Gasteiger partial charge on any atom is 0.175 e. The van der Waals surface area contributed by atoms with Crippen molar-refractivity contribution < 1.29 is 4.79 Å². The van der Waals surface area contributed by atoms with Crippen LogP contribution in [0.1, 0.15) is 27.7 Å². The minimum absolute atomic E-state index is 0.0810. The van der Waals surface area contributed by atoms with Gasteiger partial charge in [0.25, 0.3) is 0 Å². The number of hydrazone groups is 1. The maximum atomic E-state index is 10.2.